The summed E-state index contributed by atoms with van der Waals surface area (Å²) < 4.78 is 1.97. The number of rotatable bonds is 4. The molecule has 7 nitrogen and oxygen atoms in total. The molecular weight excluding hydrogens is 338 g/mol. The maximum absolute atomic E-state index is 4.31. The lowest BCUT2D eigenvalue weighted by Gasteiger charge is -2.28. The Hall–Kier alpha value is -3.09. The van der Waals surface area contributed by atoms with Crippen molar-refractivity contribution in [3.8, 4) is 0 Å². The van der Waals surface area contributed by atoms with Crippen molar-refractivity contribution in [1.29, 1.82) is 0 Å². The maximum Gasteiger partial charge on any atom is 0.191 e. The number of pyridine rings is 1. The number of nitrogens with zero attached hydrogens (tertiary/aromatic N) is 5. The van der Waals surface area contributed by atoms with Crippen LogP contribution in [-0.4, -0.2) is 41.2 Å². The number of anilines is 1. The van der Waals surface area contributed by atoms with Crippen molar-refractivity contribution in [2.24, 2.45) is 4.99 Å². The summed E-state index contributed by atoms with van der Waals surface area (Å²) in [6.07, 6.45) is 4.34. The first-order valence-corrected chi connectivity index (χ1v) is 9.30. The number of hydrogen-bond acceptors (Lipinski definition) is 4. The third-order valence-corrected chi connectivity index (χ3v) is 4.98. The van der Waals surface area contributed by atoms with E-state index in [-0.39, 0.29) is 0 Å². The lowest BCUT2D eigenvalue weighted by molar-refractivity contribution is 0.738. The third-order valence-electron chi connectivity index (χ3n) is 4.98. The summed E-state index contributed by atoms with van der Waals surface area (Å²) in [4.78, 5) is 6.64. The maximum atomic E-state index is 4.31. The zero-order valence-corrected chi connectivity index (χ0v) is 15.8. The highest BCUT2D eigenvalue weighted by Gasteiger charge is 2.13. The fourth-order valence-corrected chi connectivity index (χ4v) is 3.53. The molecule has 0 atom stereocenters. The molecule has 4 rings (SSSR count). The first kappa shape index (κ1) is 17.3. The Morgan fingerprint density at radius 2 is 2.04 bits per heavy atom. The zero-order chi connectivity index (χ0) is 18.6. The van der Waals surface area contributed by atoms with Gasteiger partial charge in [-0.2, -0.15) is 0 Å². The van der Waals surface area contributed by atoms with Crippen LogP contribution < -0.4 is 15.5 Å². The van der Waals surface area contributed by atoms with Gasteiger partial charge in [-0.05, 0) is 42.2 Å². The molecule has 1 aliphatic rings. The first-order valence-electron chi connectivity index (χ1n) is 9.30. The van der Waals surface area contributed by atoms with Crippen LogP contribution in [0.5, 0.6) is 0 Å². The van der Waals surface area contributed by atoms with E-state index in [0.717, 1.165) is 36.9 Å². The Kier molecular flexibility index (Phi) is 4.91. The summed E-state index contributed by atoms with van der Waals surface area (Å²) in [5.74, 6) is 1.60. The number of benzene rings is 1. The normalized spacial score (nSPS) is 14.3. The molecule has 2 N–H and O–H groups in total. The molecule has 0 aliphatic carbocycles. The lowest BCUT2D eigenvalue weighted by Crippen LogP contribution is -2.36. The summed E-state index contributed by atoms with van der Waals surface area (Å²) >= 11 is 0. The monoisotopic (exact) mass is 363 g/mol. The molecule has 0 saturated heterocycles. The number of aryl methyl sites for hydroxylation is 1. The van der Waals surface area contributed by atoms with Crippen LogP contribution in [0, 0.1) is 0 Å². The first-order chi connectivity index (χ1) is 13.2. The van der Waals surface area contributed by atoms with Crippen LogP contribution in [0.4, 0.5) is 5.69 Å². The van der Waals surface area contributed by atoms with Gasteiger partial charge in [-0.1, -0.05) is 18.2 Å². The van der Waals surface area contributed by atoms with Gasteiger partial charge in [0.2, 0.25) is 0 Å². The quantitative estimate of drug-likeness (QED) is 0.548. The standard InChI is InChI=1S/C20H25N7/c1-21-20(23-14-19-25-24-18-7-3-4-11-27(18)19)22-13-15-8-9-17-16(12-15)6-5-10-26(17)2/h3-4,7-9,11-12H,5-6,10,13-14H2,1-2H3,(H2,21,22,23). The summed E-state index contributed by atoms with van der Waals surface area (Å²) in [6.45, 7) is 2.43. The van der Waals surface area contributed by atoms with Gasteiger partial charge in [0.1, 0.15) is 0 Å². The van der Waals surface area contributed by atoms with E-state index in [0.29, 0.717) is 6.54 Å². The molecule has 0 amide bonds. The topological polar surface area (TPSA) is 69.8 Å². The molecule has 0 saturated carbocycles. The van der Waals surface area contributed by atoms with Crippen molar-refractivity contribution in [2.75, 3.05) is 25.5 Å². The fraction of sp³-hybridized carbons (Fsp3) is 0.350. The fourth-order valence-electron chi connectivity index (χ4n) is 3.53. The van der Waals surface area contributed by atoms with Crippen LogP contribution in [0.2, 0.25) is 0 Å². The second-order valence-corrected chi connectivity index (χ2v) is 6.81. The molecule has 0 bridgehead atoms. The van der Waals surface area contributed by atoms with Gasteiger partial charge in [0.25, 0.3) is 0 Å². The molecule has 3 heterocycles. The molecule has 0 unspecified atom stereocenters. The Labute approximate surface area is 159 Å². The van der Waals surface area contributed by atoms with E-state index in [1.165, 1.54) is 23.2 Å². The van der Waals surface area contributed by atoms with Crippen LogP contribution in [0.1, 0.15) is 23.4 Å². The van der Waals surface area contributed by atoms with E-state index in [1.54, 1.807) is 7.05 Å². The van der Waals surface area contributed by atoms with E-state index in [4.69, 9.17) is 0 Å². The van der Waals surface area contributed by atoms with E-state index in [1.807, 2.05) is 28.8 Å². The average molecular weight is 363 g/mol. The minimum Gasteiger partial charge on any atom is -0.374 e. The number of fused-ring (bicyclic) bond motifs is 2. The summed E-state index contributed by atoms with van der Waals surface area (Å²) in [7, 11) is 3.94. The van der Waals surface area contributed by atoms with Gasteiger partial charge in [0.05, 0.1) is 6.54 Å². The summed E-state index contributed by atoms with van der Waals surface area (Å²) in [5.41, 5.74) is 4.89. The van der Waals surface area contributed by atoms with Crippen LogP contribution in [0.25, 0.3) is 5.65 Å². The smallest absolute Gasteiger partial charge is 0.191 e. The van der Waals surface area contributed by atoms with Crippen LogP contribution in [0.3, 0.4) is 0 Å². The molecule has 0 radical (unpaired) electrons. The highest BCUT2D eigenvalue weighted by atomic mass is 15.3. The highest BCUT2D eigenvalue weighted by molar-refractivity contribution is 5.79. The molecule has 2 aromatic heterocycles. The van der Waals surface area contributed by atoms with Crippen LogP contribution >= 0.6 is 0 Å². The number of aliphatic imine (C=N–C) groups is 1. The minimum atomic E-state index is 0.555. The molecule has 140 valence electrons. The number of guanidine groups is 1. The van der Waals surface area contributed by atoms with E-state index >= 15 is 0 Å². The van der Waals surface area contributed by atoms with E-state index in [2.05, 4.69) is 56.0 Å². The molecule has 1 aliphatic heterocycles. The molecule has 7 heteroatoms. The lowest BCUT2D eigenvalue weighted by atomic mass is 9.99. The predicted molar refractivity (Wildman–Crippen MR) is 108 cm³/mol. The number of nitrogens with one attached hydrogen (secondary N) is 2. The van der Waals surface area contributed by atoms with Gasteiger partial charge < -0.3 is 15.5 Å². The van der Waals surface area contributed by atoms with Gasteiger partial charge in [-0.15, -0.1) is 10.2 Å². The molecule has 0 spiro atoms. The number of aromatic nitrogens is 3. The van der Waals surface area contributed by atoms with Crippen molar-refractivity contribution in [3.05, 3.63) is 59.5 Å². The van der Waals surface area contributed by atoms with E-state index in [9.17, 15) is 0 Å². The van der Waals surface area contributed by atoms with Crippen molar-refractivity contribution in [1.82, 2.24) is 25.2 Å². The second kappa shape index (κ2) is 7.65. The van der Waals surface area contributed by atoms with Gasteiger partial charge in [0.15, 0.2) is 17.4 Å². The largest absolute Gasteiger partial charge is 0.374 e. The Bertz CT molecular complexity index is 960. The van der Waals surface area contributed by atoms with Gasteiger partial charge in [-0.25, -0.2) is 0 Å². The summed E-state index contributed by atoms with van der Waals surface area (Å²) in [5, 5.41) is 15.1. The third kappa shape index (κ3) is 3.72. The van der Waals surface area contributed by atoms with Gasteiger partial charge in [-0.3, -0.25) is 9.39 Å². The van der Waals surface area contributed by atoms with Crippen LogP contribution in [0.15, 0.2) is 47.6 Å². The average Bonchev–Trinajstić information content (AvgIpc) is 3.11. The van der Waals surface area contributed by atoms with Crippen molar-refractivity contribution in [3.63, 3.8) is 0 Å². The minimum absolute atomic E-state index is 0.555. The van der Waals surface area contributed by atoms with Gasteiger partial charge in [0, 0.05) is 39.1 Å². The Morgan fingerprint density at radius 3 is 2.93 bits per heavy atom. The summed E-state index contributed by atoms with van der Waals surface area (Å²) in [6, 6.07) is 12.6. The van der Waals surface area contributed by atoms with Crippen molar-refractivity contribution >= 4 is 17.3 Å². The molecule has 3 aromatic rings. The zero-order valence-electron chi connectivity index (χ0n) is 15.8. The highest BCUT2D eigenvalue weighted by Crippen LogP contribution is 2.26. The van der Waals surface area contributed by atoms with E-state index < -0.39 is 0 Å². The Balaban J connectivity index is 1.37. The number of hydrogen-bond donors (Lipinski definition) is 2. The second-order valence-electron chi connectivity index (χ2n) is 6.81. The van der Waals surface area contributed by atoms with Crippen LogP contribution in [-0.2, 0) is 19.5 Å². The molecule has 0 fully saturated rings. The SMILES string of the molecule is CN=C(NCc1ccc2c(c1)CCCN2C)NCc1nnc2ccccn12. The Morgan fingerprint density at radius 1 is 1.15 bits per heavy atom. The predicted octanol–water partition coefficient (Wildman–Crippen LogP) is 1.98. The van der Waals surface area contributed by atoms with Crippen molar-refractivity contribution < 1.29 is 0 Å². The molecule has 27 heavy (non-hydrogen) atoms. The van der Waals surface area contributed by atoms with Crippen molar-refractivity contribution in [2.45, 2.75) is 25.9 Å². The van der Waals surface area contributed by atoms with Gasteiger partial charge >= 0.3 is 0 Å². The molecular formula is C20H25N7. The molecule has 1 aromatic carbocycles.